The van der Waals surface area contributed by atoms with Crippen LogP contribution in [0.3, 0.4) is 0 Å². The van der Waals surface area contributed by atoms with Crippen molar-refractivity contribution in [3.05, 3.63) is 36.4 Å². The first-order valence-corrected chi connectivity index (χ1v) is 7.27. The first-order chi connectivity index (χ1) is 9.31. The fourth-order valence-electron chi connectivity index (χ4n) is 1.70. The maximum atomic E-state index is 5.84. The first kappa shape index (κ1) is 16.0. The molecule has 0 unspecified atom stereocenters. The van der Waals surface area contributed by atoms with Crippen molar-refractivity contribution in [2.45, 2.75) is 39.5 Å². The molecule has 104 valence electrons. The molecule has 1 aromatic rings. The Morgan fingerprint density at radius 1 is 1.00 bits per heavy atom. The van der Waals surface area contributed by atoms with E-state index >= 15 is 0 Å². The van der Waals surface area contributed by atoms with Crippen LogP contribution in [-0.4, -0.2) is 20.3 Å². The molecule has 0 aliphatic carbocycles. The minimum absolute atomic E-state index is 0.239. The van der Waals surface area contributed by atoms with Crippen LogP contribution in [0.4, 0.5) is 0 Å². The summed E-state index contributed by atoms with van der Waals surface area (Å²) < 4.78 is 11.7. The van der Waals surface area contributed by atoms with Crippen LogP contribution in [0.15, 0.2) is 30.8 Å². The van der Waals surface area contributed by atoms with Gasteiger partial charge in [0.2, 0.25) is 0 Å². The van der Waals surface area contributed by atoms with Gasteiger partial charge >= 0.3 is 7.12 Å². The van der Waals surface area contributed by atoms with Crippen molar-refractivity contribution in [2.75, 3.05) is 13.2 Å². The lowest BCUT2D eigenvalue weighted by atomic mass is 9.78. The Balaban J connectivity index is 2.60. The van der Waals surface area contributed by atoms with E-state index in [1.807, 2.05) is 18.2 Å². The van der Waals surface area contributed by atoms with Crippen LogP contribution in [-0.2, 0) is 9.31 Å². The zero-order valence-electron chi connectivity index (χ0n) is 12.2. The Bertz CT molecular complexity index is 338. The number of rotatable bonds is 10. The Kier molecular flexibility index (Phi) is 8.27. The molecule has 0 spiro atoms. The SMILES string of the molecule is C=Cc1ccc(B(OCCCC)OCCCC)cc1. The minimum atomic E-state index is -0.239. The smallest absolute Gasteiger partial charge is 0.407 e. The molecule has 3 heteroatoms. The molecule has 0 atom stereocenters. The summed E-state index contributed by atoms with van der Waals surface area (Å²) in [5, 5.41) is 0. The first-order valence-electron chi connectivity index (χ1n) is 7.27. The molecule has 0 aliphatic heterocycles. The predicted molar refractivity (Wildman–Crippen MR) is 83.6 cm³/mol. The van der Waals surface area contributed by atoms with E-state index in [0.29, 0.717) is 0 Å². The van der Waals surface area contributed by atoms with Crippen molar-refractivity contribution in [1.29, 1.82) is 0 Å². The van der Waals surface area contributed by atoms with Crippen molar-refractivity contribution in [3.63, 3.8) is 0 Å². The van der Waals surface area contributed by atoms with Gasteiger partial charge in [0.15, 0.2) is 0 Å². The summed E-state index contributed by atoms with van der Waals surface area (Å²) in [4.78, 5) is 0. The molecule has 0 heterocycles. The van der Waals surface area contributed by atoms with E-state index in [1.54, 1.807) is 0 Å². The Hall–Kier alpha value is -1.06. The van der Waals surface area contributed by atoms with E-state index in [-0.39, 0.29) is 7.12 Å². The molecule has 0 radical (unpaired) electrons. The van der Waals surface area contributed by atoms with Gasteiger partial charge in [-0.1, -0.05) is 63.6 Å². The highest BCUT2D eigenvalue weighted by molar-refractivity contribution is 6.61. The van der Waals surface area contributed by atoms with Gasteiger partial charge < -0.3 is 9.31 Å². The largest absolute Gasteiger partial charge is 0.493 e. The number of hydrogen-bond acceptors (Lipinski definition) is 2. The fourth-order valence-corrected chi connectivity index (χ4v) is 1.70. The lowest BCUT2D eigenvalue weighted by Crippen LogP contribution is -2.37. The fraction of sp³-hybridized carbons (Fsp3) is 0.500. The van der Waals surface area contributed by atoms with Gasteiger partial charge in [0, 0.05) is 13.2 Å². The molecule has 0 N–H and O–H groups in total. The second-order valence-electron chi connectivity index (χ2n) is 4.65. The molecule has 2 nitrogen and oxygen atoms in total. The number of hydrogen-bond donors (Lipinski definition) is 0. The number of benzene rings is 1. The van der Waals surface area contributed by atoms with E-state index in [4.69, 9.17) is 9.31 Å². The van der Waals surface area contributed by atoms with Crippen LogP contribution in [0.1, 0.15) is 45.1 Å². The summed E-state index contributed by atoms with van der Waals surface area (Å²) in [7, 11) is -0.239. The monoisotopic (exact) mass is 260 g/mol. The second-order valence-corrected chi connectivity index (χ2v) is 4.65. The lowest BCUT2D eigenvalue weighted by molar-refractivity contribution is 0.202. The third kappa shape index (κ3) is 6.08. The van der Waals surface area contributed by atoms with Crippen molar-refractivity contribution >= 4 is 18.7 Å². The molecule has 19 heavy (non-hydrogen) atoms. The van der Waals surface area contributed by atoms with Crippen molar-refractivity contribution in [3.8, 4) is 0 Å². The summed E-state index contributed by atoms with van der Waals surface area (Å²) >= 11 is 0. The lowest BCUT2D eigenvalue weighted by Gasteiger charge is -2.15. The summed E-state index contributed by atoms with van der Waals surface area (Å²) in [6, 6.07) is 8.20. The van der Waals surface area contributed by atoms with E-state index < -0.39 is 0 Å². The highest BCUT2D eigenvalue weighted by atomic mass is 16.6. The summed E-state index contributed by atoms with van der Waals surface area (Å²) in [6.45, 7) is 9.58. The van der Waals surface area contributed by atoms with Crippen molar-refractivity contribution in [1.82, 2.24) is 0 Å². The van der Waals surface area contributed by atoms with Gasteiger partial charge in [-0.25, -0.2) is 0 Å². The van der Waals surface area contributed by atoms with Crippen LogP contribution in [0, 0.1) is 0 Å². The molecule has 0 bridgehead atoms. The molecule has 0 amide bonds. The van der Waals surface area contributed by atoms with Crippen LogP contribution >= 0.6 is 0 Å². The maximum Gasteiger partial charge on any atom is 0.493 e. The van der Waals surface area contributed by atoms with E-state index in [2.05, 4.69) is 32.6 Å². The quantitative estimate of drug-likeness (QED) is 0.472. The molecular weight excluding hydrogens is 235 g/mol. The van der Waals surface area contributed by atoms with Crippen molar-refractivity contribution < 1.29 is 9.31 Å². The van der Waals surface area contributed by atoms with Gasteiger partial charge in [-0.2, -0.15) is 0 Å². The highest BCUT2D eigenvalue weighted by Gasteiger charge is 2.20. The van der Waals surface area contributed by atoms with E-state index in [0.717, 1.165) is 49.9 Å². The van der Waals surface area contributed by atoms with Gasteiger partial charge in [-0.05, 0) is 23.9 Å². The average Bonchev–Trinajstić information content (AvgIpc) is 2.46. The maximum absolute atomic E-state index is 5.84. The standard InChI is InChI=1S/C16H25BO2/c1-4-7-13-18-17(19-14-8-5-2)16-11-9-15(6-3)10-12-16/h6,9-12H,3-5,7-8,13-14H2,1-2H3. The molecule has 0 saturated heterocycles. The third-order valence-electron chi connectivity index (χ3n) is 2.98. The molecule has 1 rings (SSSR count). The van der Waals surface area contributed by atoms with E-state index in [1.165, 1.54) is 0 Å². The van der Waals surface area contributed by atoms with Crippen molar-refractivity contribution in [2.24, 2.45) is 0 Å². The third-order valence-corrected chi connectivity index (χ3v) is 2.98. The summed E-state index contributed by atoms with van der Waals surface area (Å²) in [5.74, 6) is 0. The van der Waals surface area contributed by atoms with Gasteiger partial charge in [0.1, 0.15) is 0 Å². The Labute approximate surface area is 118 Å². The Morgan fingerprint density at radius 2 is 1.53 bits per heavy atom. The zero-order valence-corrected chi connectivity index (χ0v) is 12.2. The van der Waals surface area contributed by atoms with Gasteiger partial charge in [0.05, 0.1) is 0 Å². The van der Waals surface area contributed by atoms with Gasteiger partial charge in [-0.15, -0.1) is 0 Å². The van der Waals surface area contributed by atoms with Crippen LogP contribution in [0.25, 0.3) is 6.08 Å². The van der Waals surface area contributed by atoms with Crippen LogP contribution < -0.4 is 5.46 Å². The van der Waals surface area contributed by atoms with E-state index in [9.17, 15) is 0 Å². The molecule has 1 aromatic carbocycles. The highest BCUT2D eigenvalue weighted by Crippen LogP contribution is 2.02. The van der Waals surface area contributed by atoms with Crippen LogP contribution in [0.2, 0.25) is 0 Å². The summed E-state index contributed by atoms with van der Waals surface area (Å²) in [5.41, 5.74) is 2.20. The predicted octanol–water partition coefficient (Wildman–Crippen LogP) is 3.66. The Morgan fingerprint density at radius 3 is 1.95 bits per heavy atom. The molecule has 0 aromatic heterocycles. The van der Waals surface area contributed by atoms with Gasteiger partial charge in [-0.3, -0.25) is 0 Å². The molecule has 0 saturated carbocycles. The average molecular weight is 260 g/mol. The second kappa shape index (κ2) is 9.82. The number of unbranched alkanes of at least 4 members (excludes halogenated alkanes) is 2. The zero-order chi connectivity index (χ0) is 13.9. The normalized spacial score (nSPS) is 10.4. The molecular formula is C16H25BO2. The molecule has 0 aliphatic rings. The minimum Gasteiger partial charge on any atom is -0.407 e. The topological polar surface area (TPSA) is 18.5 Å². The van der Waals surface area contributed by atoms with Crippen LogP contribution in [0.5, 0.6) is 0 Å². The van der Waals surface area contributed by atoms with Gasteiger partial charge in [0.25, 0.3) is 0 Å². The molecule has 0 fully saturated rings. The summed E-state index contributed by atoms with van der Waals surface area (Å²) in [6.07, 6.45) is 6.25.